The van der Waals surface area contributed by atoms with Gasteiger partial charge in [0.1, 0.15) is 0 Å². The zero-order valence-electron chi connectivity index (χ0n) is 12.2. The molecule has 0 radical (unpaired) electrons. The van der Waals surface area contributed by atoms with Crippen LogP contribution in [0.2, 0.25) is 0 Å². The number of aliphatic hydroxyl groups is 1. The van der Waals surface area contributed by atoms with E-state index in [1.165, 1.54) is 0 Å². The lowest BCUT2D eigenvalue weighted by Gasteiger charge is -2.35. The van der Waals surface area contributed by atoms with E-state index in [1.807, 2.05) is 26.0 Å². The molecular formula is C15H23BrN2O2. The third-order valence-electron chi connectivity index (χ3n) is 3.48. The summed E-state index contributed by atoms with van der Waals surface area (Å²) in [6.45, 7) is 7.26. The molecular weight excluding hydrogens is 320 g/mol. The van der Waals surface area contributed by atoms with E-state index in [2.05, 4.69) is 25.8 Å². The van der Waals surface area contributed by atoms with Crippen LogP contribution >= 0.6 is 15.9 Å². The fourth-order valence-electron chi connectivity index (χ4n) is 2.51. The van der Waals surface area contributed by atoms with Gasteiger partial charge in [-0.05, 0) is 67.7 Å². The highest BCUT2D eigenvalue weighted by atomic mass is 79.9. The Bertz CT molecular complexity index is 409. The Morgan fingerprint density at radius 3 is 2.65 bits per heavy atom. The Balaban J connectivity index is 1.70. The van der Waals surface area contributed by atoms with Gasteiger partial charge in [-0.25, -0.2) is 4.98 Å². The molecule has 1 N–H and O–H groups in total. The molecule has 0 unspecified atom stereocenters. The summed E-state index contributed by atoms with van der Waals surface area (Å²) in [6, 6.07) is 3.82. The summed E-state index contributed by atoms with van der Waals surface area (Å²) in [5.41, 5.74) is -0.606. The van der Waals surface area contributed by atoms with Gasteiger partial charge in [-0.2, -0.15) is 0 Å². The van der Waals surface area contributed by atoms with Gasteiger partial charge < -0.3 is 14.7 Å². The van der Waals surface area contributed by atoms with Gasteiger partial charge >= 0.3 is 0 Å². The second-order valence-corrected chi connectivity index (χ2v) is 7.07. The number of halogens is 1. The summed E-state index contributed by atoms with van der Waals surface area (Å²) >= 11 is 3.36. The summed E-state index contributed by atoms with van der Waals surface area (Å²) in [7, 11) is 0. The lowest BCUT2D eigenvalue weighted by atomic mass is 9.96. The van der Waals surface area contributed by atoms with Gasteiger partial charge in [0.25, 0.3) is 0 Å². The Morgan fingerprint density at radius 2 is 2.10 bits per heavy atom. The van der Waals surface area contributed by atoms with Gasteiger partial charge in [-0.3, -0.25) is 0 Å². The van der Waals surface area contributed by atoms with E-state index in [9.17, 15) is 5.11 Å². The number of pyridine rings is 1. The molecule has 1 aliphatic rings. The molecule has 2 heterocycles. The maximum atomic E-state index is 9.83. The van der Waals surface area contributed by atoms with Crippen molar-refractivity contribution in [3.63, 3.8) is 0 Å². The zero-order chi connectivity index (χ0) is 14.6. The van der Waals surface area contributed by atoms with E-state index in [0.717, 1.165) is 43.6 Å². The quantitative estimate of drug-likeness (QED) is 0.893. The van der Waals surface area contributed by atoms with E-state index in [-0.39, 0.29) is 0 Å². The Hall–Kier alpha value is -0.650. The van der Waals surface area contributed by atoms with E-state index in [0.29, 0.717) is 11.8 Å². The maximum Gasteiger partial charge on any atom is 0.213 e. The first-order valence-electron chi connectivity index (χ1n) is 7.11. The van der Waals surface area contributed by atoms with Crippen LogP contribution in [0.25, 0.3) is 0 Å². The molecule has 1 aliphatic heterocycles. The summed E-state index contributed by atoms with van der Waals surface area (Å²) in [5, 5.41) is 9.83. The van der Waals surface area contributed by atoms with Crippen LogP contribution in [-0.2, 0) is 0 Å². The third kappa shape index (κ3) is 5.38. The summed E-state index contributed by atoms with van der Waals surface area (Å²) in [6.07, 6.45) is 3.99. The summed E-state index contributed by atoms with van der Waals surface area (Å²) < 4.78 is 6.70. The van der Waals surface area contributed by atoms with Gasteiger partial charge in [-0.15, -0.1) is 0 Å². The van der Waals surface area contributed by atoms with Crippen LogP contribution in [0.1, 0.15) is 26.7 Å². The molecule has 2 rings (SSSR count). The van der Waals surface area contributed by atoms with E-state index >= 15 is 0 Å². The predicted octanol–water partition coefficient (Wildman–Crippen LogP) is 2.71. The highest BCUT2D eigenvalue weighted by molar-refractivity contribution is 9.10. The number of nitrogens with zero attached hydrogens (tertiary/aromatic N) is 2. The van der Waals surface area contributed by atoms with Crippen LogP contribution in [0, 0.1) is 5.92 Å². The number of piperidine rings is 1. The Labute approximate surface area is 129 Å². The van der Waals surface area contributed by atoms with Crippen LogP contribution in [0.3, 0.4) is 0 Å². The Kier molecular flexibility index (Phi) is 5.41. The molecule has 0 atom stereocenters. The molecule has 0 bridgehead atoms. The van der Waals surface area contributed by atoms with Crippen LogP contribution in [0.15, 0.2) is 22.8 Å². The number of hydrogen-bond acceptors (Lipinski definition) is 4. The number of hydrogen-bond donors (Lipinski definition) is 1. The minimum Gasteiger partial charge on any atom is -0.477 e. The maximum absolute atomic E-state index is 9.83. The number of likely N-dealkylation sites (tertiary alicyclic amines) is 1. The van der Waals surface area contributed by atoms with Gasteiger partial charge in [-0.1, -0.05) is 0 Å². The highest BCUT2D eigenvalue weighted by Gasteiger charge is 2.24. The van der Waals surface area contributed by atoms with Crippen molar-refractivity contribution in [3.05, 3.63) is 22.8 Å². The van der Waals surface area contributed by atoms with Crippen LogP contribution in [0.4, 0.5) is 0 Å². The van der Waals surface area contributed by atoms with E-state index in [1.54, 1.807) is 6.20 Å². The topological polar surface area (TPSA) is 45.6 Å². The van der Waals surface area contributed by atoms with Gasteiger partial charge in [0.15, 0.2) is 0 Å². The fraction of sp³-hybridized carbons (Fsp3) is 0.667. The third-order valence-corrected chi connectivity index (χ3v) is 3.95. The number of β-amino-alcohol motifs (C(OH)–C–C–N with tert-alkyl or cyclic N) is 1. The average Bonchev–Trinajstić information content (AvgIpc) is 2.38. The summed E-state index contributed by atoms with van der Waals surface area (Å²) in [4.78, 5) is 6.54. The second-order valence-electron chi connectivity index (χ2n) is 6.16. The Morgan fingerprint density at radius 1 is 1.40 bits per heavy atom. The standard InChI is InChI=1S/C15H23BrN2O2/c1-15(2,19)11-18-7-5-12(6-8-18)10-20-14-4-3-13(16)9-17-14/h3-4,9,12,19H,5-8,10-11H2,1-2H3. The first-order valence-corrected chi connectivity index (χ1v) is 7.91. The number of ether oxygens (including phenoxy) is 1. The molecule has 1 aromatic heterocycles. The zero-order valence-corrected chi connectivity index (χ0v) is 13.8. The van der Waals surface area contributed by atoms with Crippen molar-refractivity contribution < 1.29 is 9.84 Å². The van der Waals surface area contributed by atoms with E-state index in [4.69, 9.17) is 4.74 Å². The molecule has 4 nitrogen and oxygen atoms in total. The lowest BCUT2D eigenvalue weighted by molar-refractivity contribution is 0.0211. The second kappa shape index (κ2) is 6.87. The minimum absolute atomic E-state index is 0.582. The fourth-order valence-corrected chi connectivity index (χ4v) is 2.74. The van der Waals surface area contributed by atoms with Crippen molar-refractivity contribution in [1.29, 1.82) is 0 Å². The normalized spacial score (nSPS) is 18.2. The molecule has 5 heteroatoms. The molecule has 112 valence electrons. The molecule has 20 heavy (non-hydrogen) atoms. The molecule has 0 spiro atoms. The molecule has 0 saturated carbocycles. The van der Waals surface area contributed by atoms with Crippen molar-refractivity contribution in [2.24, 2.45) is 5.92 Å². The SMILES string of the molecule is CC(C)(O)CN1CCC(COc2ccc(Br)cn2)CC1. The first-order chi connectivity index (χ1) is 9.42. The largest absolute Gasteiger partial charge is 0.477 e. The molecule has 1 aromatic rings. The van der Waals surface area contributed by atoms with Crippen LogP contribution in [-0.4, -0.2) is 46.8 Å². The van der Waals surface area contributed by atoms with Gasteiger partial charge in [0.2, 0.25) is 5.88 Å². The van der Waals surface area contributed by atoms with Crippen molar-refractivity contribution in [1.82, 2.24) is 9.88 Å². The van der Waals surface area contributed by atoms with Crippen molar-refractivity contribution in [3.8, 4) is 5.88 Å². The summed E-state index contributed by atoms with van der Waals surface area (Å²) in [5.74, 6) is 1.27. The van der Waals surface area contributed by atoms with Crippen LogP contribution < -0.4 is 4.74 Å². The van der Waals surface area contributed by atoms with Gasteiger partial charge in [0, 0.05) is 23.3 Å². The van der Waals surface area contributed by atoms with Crippen LogP contribution in [0.5, 0.6) is 5.88 Å². The molecule has 1 fully saturated rings. The molecule has 0 amide bonds. The molecule has 0 aliphatic carbocycles. The number of rotatable bonds is 5. The molecule has 1 saturated heterocycles. The smallest absolute Gasteiger partial charge is 0.213 e. The molecule has 0 aromatic carbocycles. The first kappa shape index (κ1) is 15.7. The lowest BCUT2D eigenvalue weighted by Crippen LogP contribution is -2.43. The van der Waals surface area contributed by atoms with E-state index < -0.39 is 5.60 Å². The monoisotopic (exact) mass is 342 g/mol. The van der Waals surface area contributed by atoms with Gasteiger partial charge in [0.05, 0.1) is 12.2 Å². The average molecular weight is 343 g/mol. The highest BCUT2D eigenvalue weighted by Crippen LogP contribution is 2.20. The minimum atomic E-state index is -0.606. The van der Waals surface area contributed by atoms with Crippen molar-refractivity contribution in [2.75, 3.05) is 26.2 Å². The van der Waals surface area contributed by atoms with Crippen molar-refractivity contribution >= 4 is 15.9 Å². The van der Waals surface area contributed by atoms with Crippen molar-refractivity contribution in [2.45, 2.75) is 32.3 Å². The predicted molar refractivity (Wildman–Crippen MR) is 82.9 cm³/mol. The number of aromatic nitrogens is 1.